The van der Waals surface area contributed by atoms with Crippen molar-refractivity contribution < 1.29 is 16.9 Å². The maximum atomic E-state index is 6.10. The molecule has 0 aromatic heterocycles. The van der Waals surface area contributed by atoms with Crippen molar-refractivity contribution >= 4 is 11.6 Å². The fraction of sp³-hybridized carbons (Fsp3) is 1.00. The lowest BCUT2D eigenvalue weighted by Gasteiger charge is -2.32. The summed E-state index contributed by atoms with van der Waals surface area (Å²) in [6, 6.07) is 0.775. The molecule has 1 atom stereocenters. The van der Waals surface area contributed by atoms with Crippen molar-refractivity contribution in [3.8, 4) is 0 Å². The molecule has 0 heterocycles. The van der Waals surface area contributed by atoms with E-state index in [1.165, 1.54) is 64.5 Å². The van der Waals surface area contributed by atoms with E-state index in [2.05, 4.69) is 20.9 Å². The quantitative estimate of drug-likeness (QED) is 0.235. The Morgan fingerprint density at radius 3 is 1.65 bits per heavy atom. The normalized spacial score (nSPS) is 14.1. The molecule has 0 rings (SSSR count). The van der Waals surface area contributed by atoms with Gasteiger partial charge in [-0.15, -0.1) is 0 Å². The molecule has 0 amide bonds. The summed E-state index contributed by atoms with van der Waals surface area (Å²) in [6.07, 6.45) is 10.8. The predicted octanol–water partition coefficient (Wildman–Crippen LogP) is 1.79. The summed E-state index contributed by atoms with van der Waals surface area (Å²) in [7, 11) is 2.31. The number of alkyl halides is 1. The zero-order chi connectivity index (χ0) is 12.3. The maximum Gasteiger partial charge on any atom is 0.154 e. The van der Waals surface area contributed by atoms with Crippen LogP contribution in [0.5, 0.6) is 0 Å². The van der Waals surface area contributed by atoms with Crippen molar-refractivity contribution in [3.05, 3.63) is 0 Å². The molecule has 3 heteroatoms. The molecule has 0 bridgehead atoms. The smallest absolute Gasteiger partial charge is 0.154 e. The highest BCUT2D eigenvalue weighted by atomic mass is 35.5. The molecule has 17 heavy (non-hydrogen) atoms. The van der Waals surface area contributed by atoms with E-state index >= 15 is 0 Å². The highest BCUT2D eigenvalue weighted by molar-refractivity contribution is 6.16. The van der Waals surface area contributed by atoms with Crippen LogP contribution in [0.3, 0.4) is 0 Å². The molecule has 106 valence electrons. The van der Waals surface area contributed by atoms with Gasteiger partial charge < -0.3 is 16.9 Å². The lowest BCUT2D eigenvalue weighted by molar-refractivity contribution is -0.899. The Morgan fingerprint density at radius 1 is 0.765 bits per heavy atom. The second kappa shape index (κ2) is 13.0. The lowest BCUT2D eigenvalue weighted by Crippen LogP contribution is -3.00. The van der Waals surface area contributed by atoms with E-state index in [0.717, 1.165) is 10.5 Å². The van der Waals surface area contributed by atoms with Crippen molar-refractivity contribution in [3.63, 3.8) is 0 Å². The Balaban J connectivity index is 0. The molecule has 0 radical (unpaired) electrons. The highest BCUT2D eigenvalue weighted by Gasteiger charge is 2.18. The van der Waals surface area contributed by atoms with Crippen LogP contribution in [0.4, 0.5) is 0 Å². The van der Waals surface area contributed by atoms with Gasteiger partial charge in [-0.05, 0) is 25.7 Å². The lowest BCUT2D eigenvalue weighted by atomic mass is 10.1. The molecule has 0 aromatic carbocycles. The van der Waals surface area contributed by atoms with Gasteiger partial charge in [0.15, 0.2) is 6.00 Å². The fourth-order valence-corrected chi connectivity index (χ4v) is 2.31. The van der Waals surface area contributed by atoms with Crippen LogP contribution >= 0.6 is 11.6 Å². The molecule has 0 aliphatic rings. The number of nitrogens with zero attached hydrogens (tertiary/aromatic N) is 1. The molecule has 0 fully saturated rings. The number of quaternary nitrogens is 1. The first-order valence-electron chi connectivity index (χ1n) is 7.08. The minimum atomic E-state index is 0. The van der Waals surface area contributed by atoms with Crippen molar-refractivity contribution in [1.82, 2.24) is 0 Å². The van der Waals surface area contributed by atoms with Crippen LogP contribution in [-0.2, 0) is 0 Å². The van der Waals surface area contributed by atoms with E-state index in [-0.39, 0.29) is 12.4 Å². The van der Waals surface area contributed by atoms with Crippen LogP contribution in [-0.4, -0.2) is 30.6 Å². The van der Waals surface area contributed by atoms with Crippen LogP contribution in [0.25, 0.3) is 0 Å². The summed E-state index contributed by atoms with van der Waals surface area (Å²) in [5.41, 5.74) is 0. The van der Waals surface area contributed by atoms with Gasteiger partial charge in [0.1, 0.15) is 0 Å². The van der Waals surface area contributed by atoms with Gasteiger partial charge in [-0.2, -0.15) is 0 Å². The van der Waals surface area contributed by atoms with Crippen LogP contribution in [0.1, 0.15) is 65.2 Å². The molecule has 1 unspecified atom stereocenters. The van der Waals surface area contributed by atoms with E-state index in [9.17, 15) is 0 Å². The summed E-state index contributed by atoms with van der Waals surface area (Å²) in [4.78, 5) is 0. The number of rotatable bonds is 11. The van der Waals surface area contributed by atoms with Crippen LogP contribution in [0.2, 0.25) is 0 Å². The topological polar surface area (TPSA) is 0 Å². The van der Waals surface area contributed by atoms with Crippen molar-refractivity contribution in [2.75, 3.05) is 26.1 Å². The van der Waals surface area contributed by atoms with Crippen molar-refractivity contribution in [1.29, 1.82) is 0 Å². The molecule has 0 aliphatic carbocycles. The Hall–Kier alpha value is 0.540. The summed E-state index contributed by atoms with van der Waals surface area (Å²) >= 11 is 6.10. The number of unbranched alkanes of at least 4 members (excludes halogenated alkanes) is 6. The van der Waals surface area contributed by atoms with E-state index in [0.29, 0.717) is 0 Å². The molecule has 0 N–H and O–H groups in total. The fourth-order valence-electron chi connectivity index (χ4n) is 2.07. The largest absolute Gasteiger partial charge is 1.00 e. The molecule has 0 saturated heterocycles. The third-order valence-electron chi connectivity index (χ3n) is 3.39. The average molecular weight is 284 g/mol. The van der Waals surface area contributed by atoms with Crippen molar-refractivity contribution in [2.45, 2.75) is 65.2 Å². The van der Waals surface area contributed by atoms with Gasteiger partial charge in [0.05, 0.1) is 20.1 Å². The van der Waals surface area contributed by atoms with Gasteiger partial charge >= 0.3 is 0 Å². The number of hydrogen-bond donors (Lipinski definition) is 0. The zero-order valence-electron chi connectivity index (χ0n) is 12.0. The second-order valence-electron chi connectivity index (χ2n) is 5.31. The Kier molecular flexibility index (Phi) is 15.2. The number of hydrogen-bond acceptors (Lipinski definition) is 0. The molecule has 0 spiro atoms. The first kappa shape index (κ1) is 19.9. The van der Waals surface area contributed by atoms with Crippen molar-refractivity contribution in [2.24, 2.45) is 0 Å². The first-order valence-corrected chi connectivity index (χ1v) is 7.61. The summed E-state index contributed by atoms with van der Waals surface area (Å²) < 4.78 is 1.06. The van der Waals surface area contributed by atoms with E-state index in [1.807, 2.05) is 0 Å². The first-order chi connectivity index (χ1) is 7.68. The molecule has 0 saturated carbocycles. The average Bonchev–Trinajstić information content (AvgIpc) is 2.29. The third kappa shape index (κ3) is 11.4. The van der Waals surface area contributed by atoms with Gasteiger partial charge in [-0.3, -0.25) is 0 Å². The van der Waals surface area contributed by atoms with E-state index < -0.39 is 0 Å². The molecule has 0 aromatic rings. The van der Waals surface area contributed by atoms with Crippen LogP contribution in [0.15, 0.2) is 0 Å². The van der Waals surface area contributed by atoms with Gasteiger partial charge in [0.2, 0.25) is 0 Å². The second-order valence-corrected chi connectivity index (χ2v) is 5.55. The molecule has 0 aliphatic heterocycles. The predicted molar refractivity (Wildman–Crippen MR) is 74.9 cm³/mol. The minimum absolute atomic E-state index is 0. The Morgan fingerprint density at radius 2 is 1.18 bits per heavy atom. The SMILES string of the molecule is CCCCCCC[N+](C)(CCl)CCCCC.[Cl-]. The Labute approximate surface area is 120 Å². The van der Waals surface area contributed by atoms with Gasteiger partial charge in [0.25, 0.3) is 0 Å². The monoisotopic (exact) mass is 283 g/mol. The summed E-state index contributed by atoms with van der Waals surface area (Å²) in [5.74, 6) is 0. The van der Waals surface area contributed by atoms with Gasteiger partial charge in [-0.25, -0.2) is 0 Å². The van der Waals surface area contributed by atoms with E-state index in [4.69, 9.17) is 11.6 Å². The van der Waals surface area contributed by atoms with Gasteiger partial charge in [0, 0.05) is 0 Å². The third-order valence-corrected chi connectivity index (χ3v) is 3.97. The summed E-state index contributed by atoms with van der Waals surface area (Å²) in [5, 5.41) is 0. The zero-order valence-corrected chi connectivity index (χ0v) is 13.5. The highest BCUT2D eigenvalue weighted by Crippen LogP contribution is 2.12. The van der Waals surface area contributed by atoms with Crippen LogP contribution in [0, 0.1) is 0 Å². The van der Waals surface area contributed by atoms with Gasteiger partial charge in [-0.1, -0.05) is 51.1 Å². The summed E-state index contributed by atoms with van der Waals surface area (Å²) in [6.45, 7) is 7.04. The van der Waals surface area contributed by atoms with E-state index in [1.54, 1.807) is 0 Å². The maximum absolute atomic E-state index is 6.10. The molecule has 1 nitrogen and oxygen atoms in total. The molecular formula is C14H31Cl2N. The standard InChI is InChI=1S/C14H31ClN.ClH/c1-4-6-8-9-11-13-16(3,14-15)12-10-7-5-2;/h4-14H2,1-3H3;1H/q+1;/p-1. The minimum Gasteiger partial charge on any atom is -1.00 e. The number of halogens is 2. The Bertz CT molecular complexity index is 153. The molecular weight excluding hydrogens is 253 g/mol. The van der Waals surface area contributed by atoms with Crippen LogP contribution < -0.4 is 12.4 Å².